The number of amides is 1. The minimum atomic E-state index is -3.68. The summed E-state index contributed by atoms with van der Waals surface area (Å²) < 4.78 is 22.7. The number of nitrogens with two attached hydrogens (primary N) is 1. The van der Waals surface area contributed by atoms with Gasteiger partial charge in [0.05, 0.1) is 11.4 Å². The number of hydrogen-bond donors (Lipinski definition) is 2. The van der Waals surface area contributed by atoms with Crippen molar-refractivity contribution in [1.29, 1.82) is 0 Å². The number of piperazine rings is 1. The van der Waals surface area contributed by atoms with E-state index in [1.54, 1.807) is 18.2 Å². The number of sulfonamides is 1. The molecule has 1 aliphatic heterocycles. The molecule has 0 aromatic heterocycles. The summed E-state index contributed by atoms with van der Waals surface area (Å²) in [6, 6.07) is 12.0. The van der Waals surface area contributed by atoms with Crippen LogP contribution < -0.4 is 15.4 Å². The molecule has 3 rings (SSSR count). The van der Waals surface area contributed by atoms with Crippen LogP contribution in [-0.4, -0.2) is 51.9 Å². The molecule has 3 N–H and O–H groups in total. The lowest BCUT2D eigenvalue weighted by molar-refractivity contribution is -0.117. The molecule has 9 heteroatoms. The number of nitrogens with one attached hydrogen (secondary N) is 1. The minimum Gasteiger partial charge on any atom is -0.369 e. The molecule has 1 aliphatic rings. The number of halogens is 1. The molecule has 150 valence electrons. The van der Waals surface area contributed by atoms with Crippen LogP contribution in [0, 0.1) is 6.92 Å². The van der Waals surface area contributed by atoms with Crippen molar-refractivity contribution in [3.63, 3.8) is 0 Å². The van der Waals surface area contributed by atoms with Gasteiger partial charge in [-0.25, -0.2) is 13.6 Å². The lowest BCUT2D eigenvalue weighted by atomic mass is 10.2. The van der Waals surface area contributed by atoms with E-state index < -0.39 is 10.0 Å². The van der Waals surface area contributed by atoms with Gasteiger partial charge in [-0.05, 0) is 48.9 Å². The molecule has 1 saturated heterocycles. The maximum Gasteiger partial charge on any atom is 0.238 e. The van der Waals surface area contributed by atoms with Gasteiger partial charge in [0.2, 0.25) is 15.9 Å². The largest absolute Gasteiger partial charge is 0.369 e. The van der Waals surface area contributed by atoms with Gasteiger partial charge < -0.3 is 10.2 Å². The molecule has 2 aromatic rings. The summed E-state index contributed by atoms with van der Waals surface area (Å²) in [6.07, 6.45) is 0. The lowest BCUT2D eigenvalue weighted by Crippen LogP contribution is -2.48. The van der Waals surface area contributed by atoms with Crippen molar-refractivity contribution < 1.29 is 13.2 Å². The summed E-state index contributed by atoms with van der Waals surface area (Å²) in [6.45, 7) is 5.15. The molecule has 1 fully saturated rings. The number of rotatable bonds is 5. The number of benzene rings is 2. The van der Waals surface area contributed by atoms with E-state index in [1.807, 2.05) is 19.1 Å². The van der Waals surface area contributed by atoms with Gasteiger partial charge >= 0.3 is 0 Å². The van der Waals surface area contributed by atoms with Crippen LogP contribution in [0.15, 0.2) is 47.4 Å². The number of carbonyl (C=O) groups is 1. The van der Waals surface area contributed by atoms with E-state index in [0.717, 1.165) is 43.1 Å². The van der Waals surface area contributed by atoms with Gasteiger partial charge in [-0.2, -0.15) is 0 Å². The first-order chi connectivity index (χ1) is 13.2. The number of anilines is 2. The van der Waals surface area contributed by atoms with Gasteiger partial charge in [-0.1, -0.05) is 17.7 Å². The highest BCUT2D eigenvalue weighted by Gasteiger charge is 2.20. The van der Waals surface area contributed by atoms with Crippen molar-refractivity contribution in [3.8, 4) is 0 Å². The second-order valence-electron chi connectivity index (χ2n) is 6.76. The Balaban J connectivity index is 1.52. The quantitative estimate of drug-likeness (QED) is 0.768. The van der Waals surface area contributed by atoms with E-state index in [-0.39, 0.29) is 10.8 Å². The van der Waals surface area contributed by atoms with Crippen molar-refractivity contribution in [2.24, 2.45) is 5.14 Å². The third-order valence-electron chi connectivity index (χ3n) is 4.81. The van der Waals surface area contributed by atoms with E-state index in [4.69, 9.17) is 16.7 Å². The van der Waals surface area contributed by atoms with Crippen LogP contribution in [0.2, 0.25) is 5.02 Å². The molecule has 0 unspecified atom stereocenters. The van der Waals surface area contributed by atoms with E-state index in [9.17, 15) is 13.2 Å². The summed E-state index contributed by atoms with van der Waals surface area (Å²) in [5, 5.41) is 8.67. The van der Waals surface area contributed by atoms with Gasteiger partial charge in [0, 0.05) is 42.6 Å². The van der Waals surface area contributed by atoms with Crippen LogP contribution in [0.1, 0.15) is 5.56 Å². The number of nitrogens with zero attached hydrogens (tertiary/aromatic N) is 2. The fourth-order valence-electron chi connectivity index (χ4n) is 3.15. The van der Waals surface area contributed by atoms with Crippen LogP contribution in [0.5, 0.6) is 0 Å². The number of carbonyl (C=O) groups excluding carboxylic acids is 1. The first kappa shape index (κ1) is 20.6. The van der Waals surface area contributed by atoms with Crippen LogP contribution >= 0.6 is 11.6 Å². The normalized spacial score (nSPS) is 15.5. The standard InChI is InChI=1S/C19H23ClN4O3S/c1-14-17(20)3-2-4-18(14)22-19(25)13-23-9-11-24(12-10-23)15-5-7-16(8-6-15)28(21,26)27/h2-8H,9-13H2,1H3,(H,22,25)(H2,21,26,27). The fraction of sp³-hybridized carbons (Fsp3) is 0.316. The molecule has 1 heterocycles. The van der Waals surface area contributed by atoms with Crippen LogP contribution in [0.3, 0.4) is 0 Å². The Bertz CT molecular complexity index is 956. The zero-order chi connectivity index (χ0) is 20.3. The van der Waals surface area contributed by atoms with Crippen LogP contribution in [0.4, 0.5) is 11.4 Å². The highest BCUT2D eigenvalue weighted by atomic mass is 35.5. The van der Waals surface area contributed by atoms with Gasteiger partial charge in [0.1, 0.15) is 0 Å². The molecule has 7 nitrogen and oxygen atoms in total. The van der Waals surface area contributed by atoms with Gasteiger partial charge in [-0.15, -0.1) is 0 Å². The van der Waals surface area contributed by atoms with Crippen molar-refractivity contribution in [3.05, 3.63) is 53.1 Å². The number of hydrogen-bond acceptors (Lipinski definition) is 5. The Labute approximate surface area is 170 Å². The predicted molar refractivity (Wildman–Crippen MR) is 111 cm³/mol. The van der Waals surface area contributed by atoms with Crippen molar-refractivity contribution >= 4 is 38.9 Å². The zero-order valence-corrected chi connectivity index (χ0v) is 17.1. The Morgan fingerprint density at radius 3 is 2.36 bits per heavy atom. The second kappa shape index (κ2) is 8.48. The molecule has 0 aliphatic carbocycles. The minimum absolute atomic E-state index is 0.0729. The highest BCUT2D eigenvalue weighted by Crippen LogP contribution is 2.23. The Morgan fingerprint density at radius 1 is 1.11 bits per heavy atom. The van der Waals surface area contributed by atoms with E-state index in [0.29, 0.717) is 11.6 Å². The first-order valence-electron chi connectivity index (χ1n) is 8.89. The van der Waals surface area contributed by atoms with E-state index in [2.05, 4.69) is 15.1 Å². The smallest absolute Gasteiger partial charge is 0.238 e. The van der Waals surface area contributed by atoms with Gasteiger partial charge in [0.25, 0.3) is 0 Å². The molecule has 0 radical (unpaired) electrons. The molecular weight excluding hydrogens is 400 g/mol. The van der Waals surface area contributed by atoms with Gasteiger partial charge in [-0.3, -0.25) is 9.69 Å². The Morgan fingerprint density at radius 2 is 1.75 bits per heavy atom. The molecule has 0 saturated carbocycles. The van der Waals surface area contributed by atoms with Crippen molar-refractivity contribution in [1.82, 2.24) is 4.90 Å². The SMILES string of the molecule is Cc1c(Cl)cccc1NC(=O)CN1CCN(c2ccc(S(N)(=O)=O)cc2)CC1. The second-order valence-corrected chi connectivity index (χ2v) is 8.73. The topological polar surface area (TPSA) is 95.7 Å². The Kier molecular flexibility index (Phi) is 6.24. The van der Waals surface area contributed by atoms with E-state index in [1.165, 1.54) is 12.1 Å². The maximum atomic E-state index is 12.3. The molecular formula is C19H23ClN4O3S. The molecule has 1 amide bonds. The monoisotopic (exact) mass is 422 g/mol. The maximum absolute atomic E-state index is 12.3. The van der Waals surface area contributed by atoms with Crippen molar-refractivity contribution in [2.75, 3.05) is 42.9 Å². The van der Waals surface area contributed by atoms with Crippen molar-refractivity contribution in [2.45, 2.75) is 11.8 Å². The summed E-state index contributed by atoms with van der Waals surface area (Å²) in [5.74, 6) is -0.0729. The summed E-state index contributed by atoms with van der Waals surface area (Å²) in [4.78, 5) is 16.7. The molecule has 0 bridgehead atoms. The molecule has 0 spiro atoms. The third-order valence-corrected chi connectivity index (χ3v) is 6.15. The third kappa shape index (κ3) is 5.02. The zero-order valence-electron chi connectivity index (χ0n) is 15.6. The number of primary sulfonamides is 1. The lowest BCUT2D eigenvalue weighted by Gasteiger charge is -2.35. The van der Waals surface area contributed by atoms with Crippen LogP contribution in [0.25, 0.3) is 0 Å². The Hall–Kier alpha value is -2.13. The summed E-state index contributed by atoms with van der Waals surface area (Å²) in [5.41, 5.74) is 2.52. The van der Waals surface area contributed by atoms with Crippen LogP contribution in [-0.2, 0) is 14.8 Å². The molecule has 28 heavy (non-hydrogen) atoms. The average molecular weight is 423 g/mol. The van der Waals surface area contributed by atoms with E-state index >= 15 is 0 Å². The summed E-state index contributed by atoms with van der Waals surface area (Å²) in [7, 11) is -3.68. The summed E-state index contributed by atoms with van der Waals surface area (Å²) >= 11 is 6.09. The first-order valence-corrected chi connectivity index (χ1v) is 10.8. The predicted octanol–water partition coefficient (Wildman–Crippen LogP) is 2.06. The molecule has 0 atom stereocenters. The fourth-order valence-corrected chi connectivity index (χ4v) is 3.84. The average Bonchev–Trinajstić information content (AvgIpc) is 2.65. The highest BCUT2D eigenvalue weighted by molar-refractivity contribution is 7.89. The molecule has 2 aromatic carbocycles. The van der Waals surface area contributed by atoms with Gasteiger partial charge in [0.15, 0.2) is 0 Å².